The van der Waals surface area contributed by atoms with Crippen molar-refractivity contribution in [3.05, 3.63) is 59.4 Å². The molecular formula is C18H22N2O. The van der Waals surface area contributed by atoms with Gasteiger partial charge in [-0.25, -0.2) is 0 Å². The molecule has 1 aromatic heterocycles. The number of benzene rings is 1. The molecule has 2 aromatic rings. The molecule has 2 unspecified atom stereocenters. The molecule has 0 saturated heterocycles. The fraction of sp³-hybridized carbons (Fsp3) is 0.389. The number of rotatable bonds is 5. The molecule has 0 spiro atoms. The highest BCUT2D eigenvalue weighted by molar-refractivity contribution is 5.40. The number of hydrogen-bond donors (Lipinski definition) is 1. The molecule has 1 aromatic carbocycles. The predicted octanol–water partition coefficient (Wildman–Crippen LogP) is 3.47. The van der Waals surface area contributed by atoms with Gasteiger partial charge in [-0.1, -0.05) is 31.2 Å². The van der Waals surface area contributed by atoms with E-state index in [1.165, 1.54) is 11.1 Å². The summed E-state index contributed by atoms with van der Waals surface area (Å²) in [5, 5.41) is 3.61. The summed E-state index contributed by atoms with van der Waals surface area (Å²) in [6.07, 6.45) is 4.16. The largest absolute Gasteiger partial charge is 0.495 e. The summed E-state index contributed by atoms with van der Waals surface area (Å²) in [5.41, 5.74) is 3.94. The van der Waals surface area contributed by atoms with Gasteiger partial charge >= 0.3 is 0 Å². The number of aryl methyl sites for hydroxylation is 1. The molecule has 3 nitrogen and oxygen atoms in total. The van der Waals surface area contributed by atoms with Crippen molar-refractivity contribution in [2.75, 3.05) is 13.7 Å². The predicted molar refractivity (Wildman–Crippen MR) is 84.7 cm³/mol. The summed E-state index contributed by atoms with van der Waals surface area (Å²) in [6, 6.07) is 12.9. The van der Waals surface area contributed by atoms with Gasteiger partial charge in [0.05, 0.1) is 18.8 Å². The van der Waals surface area contributed by atoms with Gasteiger partial charge in [-0.3, -0.25) is 4.98 Å². The van der Waals surface area contributed by atoms with Crippen molar-refractivity contribution < 1.29 is 4.74 Å². The van der Waals surface area contributed by atoms with Crippen LogP contribution in [0.4, 0.5) is 0 Å². The van der Waals surface area contributed by atoms with E-state index in [1.54, 1.807) is 7.11 Å². The van der Waals surface area contributed by atoms with Gasteiger partial charge in [-0.15, -0.1) is 0 Å². The number of nitrogens with zero attached hydrogens (tertiary/aromatic N) is 1. The van der Waals surface area contributed by atoms with Crippen LogP contribution in [0, 0.1) is 0 Å². The molecule has 1 heterocycles. The highest BCUT2D eigenvalue weighted by atomic mass is 16.5. The van der Waals surface area contributed by atoms with E-state index in [2.05, 4.69) is 41.5 Å². The minimum atomic E-state index is 0.204. The second-order valence-electron chi connectivity index (χ2n) is 5.47. The van der Waals surface area contributed by atoms with E-state index in [0.29, 0.717) is 5.92 Å². The van der Waals surface area contributed by atoms with Crippen molar-refractivity contribution in [3.8, 4) is 5.75 Å². The fourth-order valence-electron chi connectivity index (χ4n) is 3.39. The average Bonchev–Trinajstić information content (AvgIpc) is 2.96. The molecular weight excluding hydrogens is 260 g/mol. The number of ether oxygens (including phenoxy) is 1. The van der Waals surface area contributed by atoms with E-state index in [0.717, 1.165) is 30.8 Å². The monoisotopic (exact) mass is 282 g/mol. The van der Waals surface area contributed by atoms with Gasteiger partial charge in [0.25, 0.3) is 0 Å². The van der Waals surface area contributed by atoms with E-state index in [-0.39, 0.29) is 6.04 Å². The van der Waals surface area contributed by atoms with E-state index < -0.39 is 0 Å². The van der Waals surface area contributed by atoms with E-state index in [9.17, 15) is 0 Å². The first-order valence-corrected chi connectivity index (χ1v) is 7.65. The highest BCUT2D eigenvalue weighted by Crippen LogP contribution is 2.42. The molecule has 0 bridgehead atoms. The van der Waals surface area contributed by atoms with Crippen molar-refractivity contribution in [2.24, 2.45) is 0 Å². The third kappa shape index (κ3) is 2.66. The maximum Gasteiger partial charge on any atom is 0.142 e. The molecule has 0 fully saturated rings. The van der Waals surface area contributed by atoms with E-state index in [1.807, 2.05) is 18.3 Å². The SMILES string of the molecule is CCNC(c1ncccc1OC)C1CCc2ccccc21. The second-order valence-corrected chi connectivity index (χ2v) is 5.47. The van der Waals surface area contributed by atoms with Crippen molar-refractivity contribution in [2.45, 2.75) is 31.7 Å². The molecule has 0 amide bonds. The van der Waals surface area contributed by atoms with Gasteiger partial charge < -0.3 is 10.1 Å². The first-order valence-electron chi connectivity index (χ1n) is 7.65. The summed E-state index contributed by atoms with van der Waals surface area (Å²) >= 11 is 0. The molecule has 0 saturated carbocycles. The minimum absolute atomic E-state index is 0.204. The molecule has 1 aliphatic rings. The fourth-order valence-corrected chi connectivity index (χ4v) is 3.39. The number of aromatic nitrogens is 1. The van der Waals surface area contributed by atoms with Crippen LogP contribution in [0.25, 0.3) is 0 Å². The molecule has 3 rings (SSSR count). The Morgan fingerprint density at radius 3 is 2.95 bits per heavy atom. The van der Waals surface area contributed by atoms with Crippen LogP contribution < -0.4 is 10.1 Å². The van der Waals surface area contributed by atoms with Gasteiger partial charge in [0.15, 0.2) is 0 Å². The lowest BCUT2D eigenvalue weighted by atomic mass is 9.90. The zero-order valence-corrected chi connectivity index (χ0v) is 12.7. The van der Waals surface area contributed by atoms with Gasteiger partial charge in [0.1, 0.15) is 5.75 Å². The maximum atomic E-state index is 5.52. The summed E-state index contributed by atoms with van der Waals surface area (Å²) < 4.78 is 5.52. The lowest BCUT2D eigenvalue weighted by molar-refractivity contribution is 0.378. The molecule has 3 heteroatoms. The average molecular weight is 282 g/mol. The Balaban J connectivity index is 2.00. The van der Waals surface area contributed by atoms with Crippen molar-refractivity contribution in [1.82, 2.24) is 10.3 Å². The third-order valence-electron chi connectivity index (χ3n) is 4.32. The van der Waals surface area contributed by atoms with Crippen LogP contribution in [0.2, 0.25) is 0 Å². The van der Waals surface area contributed by atoms with Gasteiger partial charge in [-0.2, -0.15) is 0 Å². The molecule has 0 radical (unpaired) electrons. The first kappa shape index (κ1) is 14.1. The van der Waals surface area contributed by atoms with Crippen LogP contribution >= 0.6 is 0 Å². The van der Waals surface area contributed by atoms with E-state index in [4.69, 9.17) is 4.74 Å². The molecule has 2 atom stereocenters. The smallest absolute Gasteiger partial charge is 0.142 e. The van der Waals surface area contributed by atoms with Crippen LogP contribution in [0.1, 0.15) is 42.1 Å². The summed E-state index contributed by atoms with van der Waals surface area (Å²) in [7, 11) is 1.71. The second kappa shape index (κ2) is 6.27. The van der Waals surface area contributed by atoms with Gasteiger partial charge in [0.2, 0.25) is 0 Å². The van der Waals surface area contributed by atoms with Crippen LogP contribution in [-0.2, 0) is 6.42 Å². The Hall–Kier alpha value is -1.87. The van der Waals surface area contributed by atoms with Gasteiger partial charge in [-0.05, 0) is 42.6 Å². The zero-order chi connectivity index (χ0) is 14.7. The van der Waals surface area contributed by atoms with Crippen molar-refractivity contribution >= 4 is 0 Å². The molecule has 0 aliphatic heterocycles. The molecule has 1 N–H and O–H groups in total. The Bertz CT molecular complexity index is 612. The lowest BCUT2D eigenvalue weighted by Gasteiger charge is -2.26. The Morgan fingerprint density at radius 2 is 2.14 bits per heavy atom. The van der Waals surface area contributed by atoms with Crippen LogP contribution in [0.5, 0.6) is 5.75 Å². The normalized spacial score (nSPS) is 18.3. The Labute approximate surface area is 126 Å². The summed E-state index contributed by atoms with van der Waals surface area (Å²) in [6.45, 7) is 3.06. The summed E-state index contributed by atoms with van der Waals surface area (Å²) in [4.78, 5) is 4.60. The van der Waals surface area contributed by atoms with Crippen LogP contribution in [0.15, 0.2) is 42.6 Å². The quantitative estimate of drug-likeness (QED) is 0.911. The lowest BCUT2D eigenvalue weighted by Crippen LogP contribution is -2.27. The Kier molecular flexibility index (Phi) is 4.20. The number of fused-ring (bicyclic) bond motifs is 1. The maximum absolute atomic E-state index is 5.52. The molecule has 1 aliphatic carbocycles. The highest BCUT2D eigenvalue weighted by Gasteiger charge is 2.32. The van der Waals surface area contributed by atoms with Crippen molar-refractivity contribution in [1.29, 1.82) is 0 Å². The zero-order valence-electron chi connectivity index (χ0n) is 12.7. The molecule has 21 heavy (non-hydrogen) atoms. The topological polar surface area (TPSA) is 34.2 Å². The van der Waals surface area contributed by atoms with Crippen molar-refractivity contribution in [3.63, 3.8) is 0 Å². The first-order chi connectivity index (χ1) is 10.3. The summed E-state index contributed by atoms with van der Waals surface area (Å²) in [5.74, 6) is 1.33. The number of likely N-dealkylation sites (N-methyl/N-ethyl adjacent to an activating group) is 1. The Morgan fingerprint density at radius 1 is 1.29 bits per heavy atom. The van der Waals surface area contributed by atoms with Gasteiger partial charge in [0, 0.05) is 12.1 Å². The standard InChI is InChI=1S/C18H22N2O/c1-3-19-17(18-16(21-2)9-6-12-20-18)15-11-10-13-7-4-5-8-14(13)15/h4-9,12,15,17,19H,3,10-11H2,1-2H3. The number of nitrogens with one attached hydrogen (secondary N) is 1. The number of hydrogen-bond acceptors (Lipinski definition) is 3. The number of pyridine rings is 1. The van der Waals surface area contributed by atoms with Crippen LogP contribution in [-0.4, -0.2) is 18.6 Å². The third-order valence-corrected chi connectivity index (χ3v) is 4.32. The molecule has 110 valence electrons. The number of methoxy groups -OCH3 is 1. The van der Waals surface area contributed by atoms with E-state index >= 15 is 0 Å². The van der Waals surface area contributed by atoms with Crippen LogP contribution in [0.3, 0.4) is 0 Å². The minimum Gasteiger partial charge on any atom is -0.495 e.